The Labute approximate surface area is 150 Å². The topological polar surface area (TPSA) is 93.1 Å². The van der Waals surface area contributed by atoms with Gasteiger partial charge in [-0.15, -0.1) is 0 Å². The minimum Gasteiger partial charge on any atom is -0.508 e. The molecule has 0 saturated carbocycles. The molecule has 1 amide bonds. The third-order valence-corrected chi connectivity index (χ3v) is 6.48. The molecule has 0 aromatic heterocycles. The van der Waals surface area contributed by atoms with Gasteiger partial charge in [-0.2, -0.15) is 4.31 Å². The van der Waals surface area contributed by atoms with Gasteiger partial charge < -0.3 is 14.6 Å². The van der Waals surface area contributed by atoms with Gasteiger partial charge in [-0.1, -0.05) is 23.8 Å². The van der Waals surface area contributed by atoms with Crippen molar-refractivity contribution in [3.05, 3.63) is 53.6 Å². The zero-order chi connectivity index (χ0) is 18.5. The van der Waals surface area contributed by atoms with E-state index in [0.717, 1.165) is 11.1 Å². The molecule has 2 aromatic rings. The van der Waals surface area contributed by atoms with Crippen LogP contribution < -0.4 is 4.74 Å². The maximum absolute atomic E-state index is 13.1. The SMILES string of the molecule is Cc1ccc(S(=O)(=O)N2C(=O)OCC23CCc2ccc(O)cc2O3)cc1. The van der Waals surface area contributed by atoms with Crippen LogP contribution in [0.1, 0.15) is 17.5 Å². The van der Waals surface area contributed by atoms with Crippen LogP contribution in [0.2, 0.25) is 0 Å². The fraction of sp³-hybridized carbons (Fsp3) is 0.278. The summed E-state index contributed by atoms with van der Waals surface area (Å²) in [6, 6.07) is 10.9. The molecule has 1 spiro atoms. The highest BCUT2D eigenvalue weighted by Gasteiger charge is 2.57. The molecule has 2 heterocycles. The predicted molar refractivity (Wildman–Crippen MR) is 91.3 cm³/mol. The van der Waals surface area contributed by atoms with Gasteiger partial charge in [0.25, 0.3) is 10.0 Å². The van der Waals surface area contributed by atoms with Crippen LogP contribution >= 0.6 is 0 Å². The minimum atomic E-state index is -4.15. The highest BCUT2D eigenvalue weighted by molar-refractivity contribution is 7.89. The van der Waals surface area contributed by atoms with Gasteiger partial charge in [-0.05, 0) is 37.1 Å². The first kappa shape index (κ1) is 16.7. The minimum absolute atomic E-state index is 0.000941. The van der Waals surface area contributed by atoms with E-state index < -0.39 is 21.8 Å². The highest BCUT2D eigenvalue weighted by Crippen LogP contribution is 2.42. The van der Waals surface area contributed by atoms with Crippen LogP contribution in [0.5, 0.6) is 11.5 Å². The van der Waals surface area contributed by atoms with E-state index in [1.54, 1.807) is 18.2 Å². The number of ether oxygens (including phenoxy) is 2. The van der Waals surface area contributed by atoms with Gasteiger partial charge >= 0.3 is 6.09 Å². The van der Waals surface area contributed by atoms with Crippen molar-refractivity contribution < 1.29 is 27.8 Å². The molecule has 1 saturated heterocycles. The van der Waals surface area contributed by atoms with Gasteiger partial charge in [0.05, 0.1) is 4.90 Å². The molecular weight excluding hydrogens is 358 g/mol. The highest BCUT2D eigenvalue weighted by atomic mass is 32.2. The number of fused-ring (bicyclic) bond motifs is 1. The lowest BCUT2D eigenvalue weighted by Gasteiger charge is -2.38. The largest absolute Gasteiger partial charge is 0.508 e. The van der Waals surface area contributed by atoms with Crippen LogP contribution in [0.15, 0.2) is 47.4 Å². The summed E-state index contributed by atoms with van der Waals surface area (Å²) < 4.78 is 37.9. The zero-order valence-electron chi connectivity index (χ0n) is 14.0. The molecule has 4 rings (SSSR count). The lowest BCUT2D eigenvalue weighted by Crippen LogP contribution is -2.56. The molecule has 1 fully saturated rings. The van der Waals surface area contributed by atoms with E-state index >= 15 is 0 Å². The summed E-state index contributed by atoms with van der Waals surface area (Å²) in [5.41, 5.74) is 0.281. The van der Waals surface area contributed by atoms with Crippen LogP contribution in [0, 0.1) is 6.92 Å². The van der Waals surface area contributed by atoms with Crippen LogP contribution in [-0.2, 0) is 21.2 Å². The van der Waals surface area contributed by atoms with Crippen molar-refractivity contribution in [2.45, 2.75) is 30.4 Å². The first-order valence-electron chi connectivity index (χ1n) is 8.12. The number of amides is 1. The fourth-order valence-corrected chi connectivity index (χ4v) is 4.83. The monoisotopic (exact) mass is 375 g/mol. The zero-order valence-corrected chi connectivity index (χ0v) is 14.8. The van der Waals surface area contributed by atoms with Gasteiger partial charge in [-0.25, -0.2) is 13.2 Å². The summed E-state index contributed by atoms with van der Waals surface area (Å²) in [7, 11) is -4.15. The standard InChI is InChI=1S/C18H17NO6S/c1-12-2-6-15(7-3-12)26(22,23)19-17(21)24-11-18(19)9-8-13-4-5-14(20)10-16(13)25-18/h2-7,10,20H,8-9,11H2,1H3. The number of hydrogen-bond acceptors (Lipinski definition) is 6. The maximum Gasteiger partial charge on any atom is 0.427 e. The van der Waals surface area contributed by atoms with E-state index in [4.69, 9.17) is 9.47 Å². The number of benzene rings is 2. The Balaban J connectivity index is 1.78. The molecule has 2 aliphatic rings. The fourth-order valence-electron chi connectivity index (χ4n) is 3.27. The molecule has 26 heavy (non-hydrogen) atoms. The first-order valence-corrected chi connectivity index (χ1v) is 9.56. The average Bonchev–Trinajstić information content (AvgIpc) is 2.91. The summed E-state index contributed by atoms with van der Waals surface area (Å²) in [5, 5.41) is 9.69. The quantitative estimate of drug-likeness (QED) is 0.867. The lowest BCUT2D eigenvalue weighted by atomic mass is 9.98. The molecule has 1 unspecified atom stereocenters. The number of carbonyl (C=O) groups excluding carboxylic acids is 1. The number of nitrogens with zero attached hydrogens (tertiary/aromatic N) is 1. The normalized spacial score (nSPS) is 22.0. The molecule has 1 atom stereocenters. The molecular formula is C18H17NO6S. The maximum atomic E-state index is 13.1. The number of phenolic OH excluding ortho intramolecular Hbond substituents is 1. The second-order valence-corrected chi connectivity index (χ2v) is 8.26. The van der Waals surface area contributed by atoms with Crippen molar-refractivity contribution in [3.63, 3.8) is 0 Å². The molecule has 8 heteroatoms. The number of cyclic esters (lactones) is 1. The number of hydrogen-bond donors (Lipinski definition) is 1. The van der Waals surface area contributed by atoms with E-state index in [9.17, 15) is 18.3 Å². The predicted octanol–water partition coefficient (Wildman–Crippen LogP) is 2.56. The number of phenols is 1. The Morgan fingerprint density at radius 2 is 1.88 bits per heavy atom. The van der Waals surface area contributed by atoms with E-state index in [1.807, 2.05) is 6.92 Å². The van der Waals surface area contributed by atoms with Crippen molar-refractivity contribution in [1.82, 2.24) is 4.31 Å². The number of sulfonamides is 1. The van der Waals surface area contributed by atoms with E-state index in [0.29, 0.717) is 16.5 Å². The summed E-state index contributed by atoms with van der Waals surface area (Å²) in [4.78, 5) is 12.3. The molecule has 0 bridgehead atoms. The Kier molecular flexibility index (Phi) is 3.62. The second-order valence-electron chi connectivity index (χ2n) is 6.48. The van der Waals surface area contributed by atoms with Crippen LogP contribution in [-0.4, -0.2) is 36.3 Å². The van der Waals surface area contributed by atoms with Crippen LogP contribution in [0.25, 0.3) is 0 Å². The number of rotatable bonds is 2. The lowest BCUT2D eigenvalue weighted by molar-refractivity contribution is -0.0195. The molecule has 2 aromatic carbocycles. The average molecular weight is 375 g/mol. The van der Waals surface area contributed by atoms with E-state index in [1.165, 1.54) is 24.3 Å². The third kappa shape index (κ3) is 2.48. The summed E-state index contributed by atoms with van der Waals surface area (Å²) in [6.07, 6.45) is -0.206. The summed E-state index contributed by atoms with van der Waals surface area (Å²) >= 11 is 0. The third-order valence-electron chi connectivity index (χ3n) is 4.65. The van der Waals surface area contributed by atoms with Crippen molar-refractivity contribution >= 4 is 16.1 Å². The molecule has 0 radical (unpaired) electrons. The van der Waals surface area contributed by atoms with E-state index in [2.05, 4.69) is 0 Å². The van der Waals surface area contributed by atoms with Crippen molar-refractivity contribution in [3.8, 4) is 11.5 Å². The molecule has 2 aliphatic heterocycles. The molecule has 136 valence electrons. The Morgan fingerprint density at radius 3 is 2.62 bits per heavy atom. The van der Waals surface area contributed by atoms with Gasteiger partial charge in [0.15, 0.2) is 6.61 Å². The second kappa shape index (κ2) is 5.63. The van der Waals surface area contributed by atoms with Crippen LogP contribution in [0.3, 0.4) is 0 Å². The van der Waals surface area contributed by atoms with Crippen molar-refractivity contribution in [2.75, 3.05) is 6.61 Å². The van der Waals surface area contributed by atoms with Crippen molar-refractivity contribution in [1.29, 1.82) is 0 Å². The number of aromatic hydroxyl groups is 1. The molecule has 1 N–H and O–H groups in total. The Hall–Kier alpha value is -2.74. The Morgan fingerprint density at radius 1 is 1.15 bits per heavy atom. The Bertz CT molecular complexity index is 985. The van der Waals surface area contributed by atoms with Crippen LogP contribution in [0.4, 0.5) is 4.79 Å². The number of carbonyl (C=O) groups is 1. The molecule has 7 nitrogen and oxygen atoms in total. The van der Waals surface area contributed by atoms with Crippen molar-refractivity contribution in [2.24, 2.45) is 0 Å². The molecule has 0 aliphatic carbocycles. The van der Waals surface area contributed by atoms with Gasteiger partial charge in [0.1, 0.15) is 11.5 Å². The van der Waals surface area contributed by atoms with Gasteiger partial charge in [0, 0.05) is 12.5 Å². The summed E-state index contributed by atoms with van der Waals surface area (Å²) in [5.74, 6) is 0.345. The first-order chi connectivity index (χ1) is 12.3. The van der Waals surface area contributed by atoms with Gasteiger partial charge in [0.2, 0.25) is 5.72 Å². The smallest absolute Gasteiger partial charge is 0.427 e. The van der Waals surface area contributed by atoms with Gasteiger partial charge in [-0.3, -0.25) is 0 Å². The number of aryl methyl sites for hydroxylation is 2. The van der Waals surface area contributed by atoms with E-state index in [-0.39, 0.29) is 23.7 Å². The summed E-state index contributed by atoms with van der Waals surface area (Å²) in [6.45, 7) is 1.64.